The fourth-order valence-corrected chi connectivity index (χ4v) is 1.75. The van der Waals surface area contributed by atoms with E-state index in [-0.39, 0.29) is 18.0 Å². The molecule has 7 heteroatoms. The first kappa shape index (κ1) is 13.7. The summed E-state index contributed by atoms with van der Waals surface area (Å²) in [5.74, 6) is 5.97. The van der Waals surface area contributed by atoms with Crippen molar-refractivity contribution in [1.29, 1.82) is 0 Å². The van der Waals surface area contributed by atoms with Crippen molar-refractivity contribution in [3.05, 3.63) is 0 Å². The number of aliphatic imine (C=N–C) groups is 1. The van der Waals surface area contributed by atoms with Crippen LogP contribution in [0.25, 0.3) is 0 Å². The summed E-state index contributed by atoms with van der Waals surface area (Å²) in [6, 6.07) is -0.281. The molecule has 1 saturated heterocycles. The number of nitrogens with two attached hydrogens (primary N) is 1. The normalized spacial score (nSPS) is 23.3. The van der Waals surface area contributed by atoms with Crippen molar-refractivity contribution in [3.8, 4) is 0 Å². The summed E-state index contributed by atoms with van der Waals surface area (Å²) < 4.78 is 5.01. The van der Waals surface area contributed by atoms with Gasteiger partial charge in [0, 0.05) is 20.2 Å². The lowest BCUT2D eigenvalue weighted by molar-refractivity contribution is -0.126. The van der Waals surface area contributed by atoms with Crippen molar-refractivity contribution in [1.82, 2.24) is 15.6 Å². The van der Waals surface area contributed by atoms with Gasteiger partial charge in [-0.25, -0.2) is 10.8 Å². The fourth-order valence-electron chi connectivity index (χ4n) is 1.75. The highest BCUT2D eigenvalue weighted by Crippen LogP contribution is 2.05. The van der Waals surface area contributed by atoms with E-state index in [1.54, 1.807) is 7.11 Å². The maximum absolute atomic E-state index is 11.5. The molecule has 0 spiro atoms. The number of guanidine groups is 1. The van der Waals surface area contributed by atoms with Crippen LogP contribution in [0.15, 0.2) is 4.99 Å². The topological polar surface area (TPSA) is 92.0 Å². The molecule has 0 saturated carbocycles. The van der Waals surface area contributed by atoms with Crippen LogP contribution in [0.4, 0.5) is 0 Å². The largest absolute Gasteiger partial charge is 0.382 e. The number of hydrazine groups is 1. The summed E-state index contributed by atoms with van der Waals surface area (Å²) in [7, 11) is 1.62. The third kappa shape index (κ3) is 3.57. The van der Waals surface area contributed by atoms with Gasteiger partial charge in [0.1, 0.15) is 6.04 Å². The van der Waals surface area contributed by atoms with Gasteiger partial charge >= 0.3 is 0 Å². The molecule has 2 unspecified atom stereocenters. The Morgan fingerprint density at radius 1 is 1.82 bits per heavy atom. The Labute approximate surface area is 101 Å². The average molecular weight is 243 g/mol. The van der Waals surface area contributed by atoms with Crippen molar-refractivity contribution in [2.75, 3.05) is 26.8 Å². The summed E-state index contributed by atoms with van der Waals surface area (Å²) in [6.45, 7) is 5.55. The molecular weight excluding hydrogens is 222 g/mol. The molecule has 0 aliphatic carbocycles. The van der Waals surface area contributed by atoms with E-state index in [2.05, 4.69) is 15.7 Å². The second-order valence-corrected chi connectivity index (χ2v) is 4.06. The van der Waals surface area contributed by atoms with Crippen LogP contribution in [0, 0.1) is 0 Å². The Bertz CT molecular complexity index is 294. The molecule has 98 valence electrons. The number of hydrogen-bond acceptors (Lipinski definition) is 4. The molecule has 0 aromatic rings. The zero-order valence-corrected chi connectivity index (χ0v) is 10.6. The number of amides is 1. The maximum atomic E-state index is 11.5. The van der Waals surface area contributed by atoms with Crippen LogP contribution in [0.3, 0.4) is 0 Å². The minimum absolute atomic E-state index is 0.0109. The van der Waals surface area contributed by atoms with E-state index < -0.39 is 0 Å². The van der Waals surface area contributed by atoms with Crippen LogP contribution >= 0.6 is 0 Å². The van der Waals surface area contributed by atoms with Gasteiger partial charge in [-0.15, -0.1) is 0 Å². The van der Waals surface area contributed by atoms with Gasteiger partial charge in [0.05, 0.1) is 12.6 Å². The molecule has 1 aliphatic rings. The fraction of sp³-hybridized carbons (Fsp3) is 0.800. The van der Waals surface area contributed by atoms with Crippen LogP contribution in [0.5, 0.6) is 0 Å². The highest BCUT2D eigenvalue weighted by Gasteiger charge is 2.27. The van der Waals surface area contributed by atoms with Crippen molar-refractivity contribution < 1.29 is 9.53 Å². The Kier molecular flexibility index (Phi) is 5.17. The van der Waals surface area contributed by atoms with Gasteiger partial charge in [-0.1, -0.05) is 0 Å². The molecule has 0 bridgehead atoms. The first-order chi connectivity index (χ1) is 8.10. The molecule has 1 amide bonds. The Hall–Kier alpha value is -1.34. The Morgan fingerprint density at radius 3 is 3.12 bits per heavy atom. The van der Waals surface area contributed by atoms with E-state index in [4.69, 9.17) is 10.6 Å². The van der Waals surface area contributed by atoms with Gasteiger partial charge in [0.2, 0.25) is 11.9 Å². The van der Waals surface area contributed by atoms with Gasteiger partial charge in [-0.2, -0.15) is 0 Å². The average Bonchev–Trinajstić information content (AvgIpc) is 2.30. The molecule has 1 rings (SSSR count). The monoisotopic (exact) mass is 243 g/mol. The van der Waals surface area contributed by atoms with Crippen molar-refractivity contribution in [3.63, 3.8) is 0 Å². The second-order valence-electron chi connectivity index (χ2n) is 4.06. The predicted molar refractivity (Wildman–Crippen MR) is 65.3 cm³/mol. The molecule has 1 fully saturated rings. The third-order valence-electron chi connectivity index (χ3n) is 2.65. The number of hydrogen-bond donors (Lipinski definition) is 3. The molecular formula is C10H21N5O2. The van der Waals surface area contributed by atoms with E-state index in [1.165, 1.54) is 0 Å². The molecule has 2 atom stereocenters. The lowest BCUT2D eigenvalue weighted by Crippen LogP contribution is -2.60. The summed E-state index contributed by atoms with van der Waals surface area (Å²) in [4.78, 5) is 17.8. The van der Waals surface area contributed by atoms with Gasteiger partial charge in [-0.3, -0.25) is 10.2 Å². The number of carbonyl (C=O) groups is 1. The summed E-state index contributed by atoms with van der Waals surface area (Å²) in [6.07, 6.45) is 0. The molecule has 4 N–H and O–H groups in total. The summed E-state index contributed by atoms with van der Waals surface area (Å²) in [5.41, 5.74) is 2.55. The van der Waals surface area contributed by atoms with E-state index in [0.717, 1.165) is 0 Å². The SMILES string of the molecule is COCC(C)N=C(NN)N1CCNC(=O)C1C. The molecule has 1 heterocycles. The van der Waals surface area contributed by atoms with Crippen molar-refractivity contribution >= 4 is 11.9 Å². The first-order valence-electron chi connectivity index (χ1n) is 5.67. The van der Waals surface area contributed by atoms with Crippen LogP contribution in [0.1, 0.15) is 13.8 Å². The van der Waals surface area contributed by atoms with Crippen molar-refractivity contribution in [2.45, 2.75) is 25.9 Å². The molecule has 17 heavy (non-hydrogen) atoms. The lowest BCUT2D eigenvalue weighted by Gasteiger charge is -2.35. The number of nitrogens with zero attached hydrogens (tertiary/aromatic N) is 2. The van der Waals surface area contributed by atoms with E-state index >= 15 is 0 Å². The second kappa shape index (κ2) is 6.41. The summed E-state index contributed by atoms with van der Waals surface area (Å²) in [5, 5.41) is 2.79. The van der Waals surface area contributed by atoms with E-state index in [0.29, 0.717) is 25.7 Å². The van der Waals surface area contributed by atoms with Crippen LogP contribution in [-0.2, 0) is 9.53 Å². The third-order valence-corrected chi connectivity index (χ3v) is 2.65. The quantitative estimate of drug-likeness (QED) is 0.247. The van der Waals surface area contributed by atoms with Gasteiger partial charge in [0.15, 0.2) is 0 Å². The summed E-state index contributed by atoms with van der Waals surface area (Å²) >= 11 is 0. The number of nitrogens with one attached hydrogen (secondary N) is 2. The van der Waals surface area contributed by atoms with Gasteiger partial charge in [-0.05, 0) is 13.8 Å². The van der Waals surface area contributed by atoms with Crippen LogP contribution in [-0.4, -0.2) is 55.7 Å². The number of ether oxygens (including phenoxy) is 1. The smallest absolute Gasteiger partial charge is 0.242 e. The number of carbonyl (C=O) groups excluding carboxylic acids is 1. The molecule has 0 radical (unpaired) electrons. The predicted octanol–water partition coefficient (Wildman–Crippen LogP) is -1.34. The lowest BCUT2D eigenvalue weighted by atomic mass is 10.2. The minimum Gasteiger partial charge on any atom is -0.382 e. The van der Waals surface area contributed by atoms with E-state index in [1.807, 2.05) is 18.7 Å². The standard InChI is InChI=1S/C10H21N5O2/c1-7(6-17-3)13-10(14-11)15-5-4-12-9(16)8(15)2/h7-8H,4-6,11H2,1-3H3,(H,12,16)(H,13,14). The van der Waals surface area contributed by atoms with Gasteiger partial charge < -0.3 is 15.0 Å². The first-order valence-corrected chi connectivity index (χ1v) is 5.67. The minimum atomic E-state index is -0.270. The zero-order chi connectivity index (χ0) is 12.8. The van der Waals surface area contributed by atoms with Crippen molar-refractivity contribution in [2.24, 2.45) is 10.8 Å². The Morgan fingerprint density at radius 2 is 2.53 bits per heavy atom. The van der Waals surface area contributed by atoms with Crippen LogP contribution < -0.4 is 16.6 Å². The molecule has 7 nitrogen and oxygen atoms in total. The number of rotatable bonds is 3. The Balaban J connectivity index is 2.75. The van der Waals surface area contributed by atoms with Crippen LogP contribution in [0.2, 0.25) is 0 Å². The van der Waals surface area contributed by atoms with Gasteiger partial charge in [0.25, 0.3) is 0 Å². The molecule has 0 aromatic heterocycles. The number of methoxy groups -OCH3 is 1. The van der Waals surface area contributed by atoms with E-state index in [9.17, 15) is 4.79 Å². The highest BCUT2D eigenvalue weighted by molar-refractivity contribution is 5.89. The number of piperazine rings is 1. The zero-order valence-electron chi connectivity index (χ0n) is 10.6. The maximum Gasteiger partial charge on any atom is 0.242 e. The molecule has 1 aliphatic heterocycles. The highest BCUT2D eigenvalue weighted by atomic mass is 16.5. The molecule has 0 aromatic carbocycles.